The molecule has 246 valence electrons. The van der Waals surface area contributed by atoms with Crippen molar-refractivity contribution >= 4 is 29.5 Å². The number of amides is 1. The minimum Gasteiger partial charge on any atom is -0.477 e. The molecule has 1 saturated heterocycles. The van der Waals surface area contributed by atoms with Crippen molar-refractivity contribution in [1.82, 2.24) is 34.6 Å². The topological polar surface area (TPSA) is 98.9 Å². The number of nitrogens with one attached hydrogen (secondary N) is 2. The molecule has 1 amide bonds. The second-order valence-corrected chi connectivity index (χ2v) is 14.1. The number of hydrogen-bond acceptors (Lipinski definition) is 7. The monoisotopic (exact) mass is 667 g/mol. The Morgan fingerprint density at radius 3 is 2.67 bits per heavy atom. The lowest BCUT2D eigenvalue weighted by Gasteiger charge is -2.24. The number of hydrogen-bond donors (Lipinski definition) is 2. The van der Waals surface area contributed by atoms with E-state index >= 15 is 0 Å². The number of alkyl halides is 3. The predicted octanol–water partition coefficient (Wildman–Crippen LogP) is 7.17. The van der Waals surface area contributed by atoms with Crippen LogP contribution in [0, 0.1) is 24.2 Å². The fourth-order valence-corrected chi connectivity index (χ4v) is 7.02. The third-order valence-electron chi connectivity index (χ3n) is 8.99. The minimum absolute atomic E-state index is 0.0108. The summed E-state index contributed by atoms with van der Waals surface area (Å²) < 4.78 is 51.0. The zero-order valence-corrected chi connectivity index (χ0v) is 27.7. The van der Waals surface area contributed by atoms with E-state index in [2.05, 4.69) is 46.0 Å². The summed E-state index contributed by atoms with van der Waals surface area (Å²) in [6, 6.07) is 4.67. The highest BCUT2D eigenvalue weighted by Crippen LogP contribution is 2.59. The molecule has 0 radical (unpaired) electrons. The molecule has 3 aromatic heterocycles. The highest BCUT2D eigenvalue weighted by molar-refractivity contribution is 7.98. The molecule has 2 atom stereocenters. The van der Waals surface area contributed by atoms with Crippen LogP contribution in [-0.4, -0.2) is 55.3 Å². The Hall–Kier alpha value is -2.77. The van der Waals surface area contributed by atoms with Gasteiger partial charge in [0.15, 0.2) is 5.82 Å². The van der Waals surface area contributed by atoms with E-state index in [0.29, 0.717) is 17.7 Å². The highest BCUT2D eigenvalue weighted by atomic mass is 35.5. The molecule has 0 bridgehead atoms. The van der Waals surface area contributed by atoms with E-state index in [0.717, 1.165) is 36.5 Å². The molecule has 2 N–H and O–H groups in total. The van der Waals surface area contributed by atoms with Crippen molar-refractivity contribution in [2.24, 2.45) is 17.3 Å². The average molecular weight is 668 g/mol. The van der Waals surface area contributed by atoms with Crippen LogP contribution < -0.4 is 14.8 Å². The number of pyridine rings is 1. The lowest BCUT2D eigenvalue weighted by molar-refractivity contribution is -0.190. The molecular weight excluding hydrogens is 627 g/mol. The molecule has 1 aliphatic heterocycles. The Morgan fingerprint density at radius 1 is 1.24 bits per heavy atom. The zero-order chi connectivity index (χ0) is 32.4. The van der Waals surface area contributed by atoms with Crippen molar-refractivity contribution in [1.29, 1.82) is 0 Å². The fraction of sp³-hybridized carbons (Fsp3) is 0.613. The first-order chi connectivity index (χ1) is 21.3. The standard InChI is InChI=1S/C31H41ClF3N7O2S/c1-5-6-21(22-17-29(3,4)36-18-22)9-14-41-19-24(20(2)38-41)45-40-28(43)23-7-8-25(37-27(23)32)42-15-10-26(39-42)44-16-13-30(11-12-30)31(33,34)35/h7-8,10,15,19,21-22,36H,5-6,9,11-14,16-18H2,1-4H3,(H,40,43). The van der Waals surface area contributed by atoms with E-state index in [1.807, 2.05) is 17.8 Å². The number of carbonyl (C=O) groups is 1. The van der Waals surface area contributed by atoms with Crippen molar-refractivity contribution in [3.63, 3.8) is 0 Å². The molecular formula is C31H41ClF3N7O2S. The maximum absolute atomic E-state index is 13.1. The highest BCUT2D eigenvalue weighted by Gasteiger charge is 2.62. The number of carbonyl (C=O) groups excluding carboxylic acids is 1. The molecule has 9 nitrogen and oxygen atoms in total. The van der Waals surface area contributed by atoms with Crippen LogP contribution in [0.3, 0.4) is 0 Å². The SMILES string of the molecule is CCCC(CCn1cc(SNC(=O)c2ccc(-n3ccc(OCCC4(C(F)(F)F)CC4)n3)nc2Cl)c(C)n1)C1CNC(C)(C)C1. The number of rotatable bonds is 14. The summed E-state index contributed by atoms with van der Waals surface area (Å²) in [4.78, 5) is 18.1. The Kier molecular flexibility index (Phi) is 10.1. The van der Waals surface area contributed by atoms with E-state index in [4.69, 9.17) is 16.3 Å². The maximum Gasteiger partial charge on any atom is 0.394 e. The molecule has 3 aromatic rings. The van der Waals surface area contributed by atoms with Crippen LogP contribution in [0.25, 0.3) is 5.82 Å². The summed E-state index contributed by atoms with van der Waals surface area (Å²) in [6.45, 7) is 10.5. The Labute approximate surface area is 271 Å². The second-order valence-electron chi connectivity index (χ2n) is 12.9. The largest absolute Gasteiger partial charge is 0.477 e. The van der Waals surface area contributed by atoms with Gasteiger partial charge < -0.3 is 10.1 Å². The van der Waals surface area contributed by atoms with Crippen LogP contribution in [0.4, 0.5) is 13.2 Å². The summed E-state index contributed by atoms with van der Waals surface area (Å²) in [5, 5.41) is 12.5. The number of nitrogens with zero attached hydrogens (tertiary/aromatic N) is 5. The van der Waals surface area contributed by atoms with Crippen LogP contribution in [0.15, 0.2) is 35.5 Å². The van der Waals surface area contributed by atoms with Crippen molar-refractivity contribution in [2.45, 2.75) is 95.8 Å². The molecule has 45 heavy (non-hydrogen) atoms. The van der Waals surface area contributed by atoms with E-state index in [9.17, 15) is 18.0 Å². The Bertz CT molecular complexity index is 1490. The van der Waals surface area contributed by atoms with Crippen LogP contribution in [0.1, 0.15) is 81.8 Å². The van der Waals surface area contributed by atoms with Crippen molar-refractivity contribution in [2.75, 3.05) is 13.2 Å². The van der Waals surface area contributed by atoms with Crippen LogP contribution >= 0.6 is 23.5 Å². The van der Waals surface area contributed by atoms with Gasteiger partial charge in [-0.1, -0.05) is 31.4 Å². The first-order valence-electron chi connectivity index (χ1n) is 15.5. The van der Waals surface area contributed by atoms with E-state index in [-0.39, 0.29) is 48.0 Å². The van der Waals surface area contributed by atoms with Crippen molar-refractivity contribution in [3.8, 4) is 11.7 Å². The third-order valence-corrected chi connectivity index (χ3v) is 10.2. The van der Waals surface area contributed by atoms with Gasteiger partial charge in [0.05, 0.1) is 28.2 Å². The molecule has 1 saturated carbocycles. The fourth-order valence-electron chi connectivity index (χ4n) is 6.11. The first-order valence-corrected chi connectivity index (χ1v) is 16.7. The number of aryl methyl sites for hydroxylation is 2. The quantitative estimate of drug-likeness (QED) is 0.139. The molecule has 2 unspecified atom stereocenters. The zero-order valence-electron chi connectivity index (χ0n) is 26.1. The normalized spacial score (nSPS) is 19.4. The Balaban J connectivity index is 1.12. The molecule has 2 fully saturated rings. The third kappa shape index (κ3) is 8.15. The summed E-state index contributed by atoms with van der Waals surface area (Å²) in [5.74, 6) is 1.42. The summed E-state index contributed by atoms with van der Waals surface area (Å²) >= 11 is 7.55. The summed E-state index contributed by atoms with van der Waals surface area (Å²) in [7, 11) is 0. The lowest BCUT2D eigenvalue weighted by Crippen LogP contribution is -2.31. The second kappa shape index (κ2) is 13.5. The van der Waals surface area contributed by atoms with Crippen molar-refractivity contribution in [3.05, 3.63) is 47.0 Å². The summed E-state index contributed by atoms with van der Waals surface area (Å²) in [6.07, 6.45) is 4.10. The molecule has 1 aliphatic carbocycles. The van der Waals surface area contributed by atoms with Gasteiger partial charge >= 0.3 is 6.18 Å². The predicted molar refractivity (Wildman–Crippen MR) is 168 cm³/mol. The van der Waals surface area contributed by atoms with Crippen LogP contribution in [0.2, 0.25) is 5.15 Å². The van der Waals surface area contributed by atoms with Gasteiger partial charge in [-0.25, -0.2) is 9.67 Å². The van der Waals surface area contributed by atoms with Gasteiger partial charge in [-0.2, -0.15) is 18.3 Å². The van der Waals surface area contributed by atoms with Gasteiger partial charge in [-0.3, -0.25) is 14.2 Å². The number of ether oxygens (including phenoxy) is 1. The first kappa shape index (κ1) is 33.6. The average Bonchev–Trinajstić information content (AvgIpc) is 3.28. The smallest absolute Gasteiger partial charge is 0.394 e. The van der Waals surface area contributed by atoms with Gasteiger partial charge in [0, 0.05) is 30.5 Å². The van der Waals surface area contributed by atoms with E-state index in [1.54, 1.807) is 24.4 Å². The van der Waals surface area contributed by atoms with Gasteiger partial charge in [0.1, 0.15) is 5.15 Å². The molecule has 2 aliphatic rings. The molecule has 4 heterocycles. The maximum atomic E-state index is 13.1. The molecule has 0 spiro atoms. The van der Waals surface area contributed by atoms with Gasteiger partial charge in [0.25, 0.3) is 5.91 Å². The molecule has 5 rings (SSSR count). The van der Waals surface area contributed by atoms with Gasteiger partial charge in [-0.05, 0) is 95.3 Å². The van der Waals surface area contributed by atoms with Crippen LogP contribution in [0.5, 0.6) is 5.88 Å². The minimum atomic E-state index is -4.22. The van der Waals surface area contributed by atoms with Crippen LogP contribution in [-0.2, 0) is 6.54 Å². The van der Waals surface area contributed by atoms with E-state index < -0.39 is 17.5 Å². The molecule has 14 heteroatoms. The van der Waals surface area contributed by atoms with Gasteiger partial charge in [0.2, 0.25) is 5.88 Å². The van der Waals surface area contributed by atoms with Crippen molar-refractivity contribution < 1.29 is 22.7 Å². The Morgan fingerprint density at radius 2 is 2.02 bits per heavy atom. The summed E-state index contributed by atoms with van der Waals surface area (Å²) in [5.41, 5.74) is -0.403. The van der Waals surface area contributed by atoms with Gasteiger partial charge in [-0.15, -0.1) is 5.10 Å². The number of aromatic nitrogens is 5. The molecule has 0 aromatic carbocycles. The van der Waals surface area contributed by atoms with E-state index in [1.165, 1.54) is 29.5 Å². The number of halogens is 4. The lowest BCUT2D eigenvalue weighted by atomic mass is 9.82.